The van der Waals surface area contributed by atoms with Crippen LogP contribution in [0.25, 0.3) is 0 Å². The van der Waals surface area contributed by atoms with Crippen molar-refractivity contribution in [3.05, 3.63) is 34.9 Å². The molecule has 3 nitrogen and oxygen atoms in total. The van der Waals surface area contributed by atoms with E-state index in [0.717, 1.165) is 24.3 Å². The SMILES string of the molecule is CC(Cc1ccc(Cl)cc1)NC(=O)C1CC2CCC1N2. The first kappa shape index (κ1) is 13.9. The van der Waals surface area contributed by atoms with Gasteiger partial charge in [-0.25, -0.2) is 0 Å². The largest absolute Gasteiger partial charge is 0.353 e. The predicted octanol–water partition coefficient (Wildman–Crippen LogP) is 2.53. The quantitative estimate of drug-likeness (QED) is 0.895. The van der Waals surface area contributed by atoms with Gasteiger partial charge in [-0.2, -0.15) is 0 Å². The molecular formula is C16H21ClN2O. The maximum absolute atomic E-state index is 12.3. The zero-order chi connectivity index (χ0) is 14.1. The zero-order valence-electron chi connectivity index (χ0n) is 11.7. The van der Waals surface area contributed by atoms with Gasteiger partial charge in [0.1, 0.15) is 0 Å². The van der Waals surface area contributed by atoms with Crippen molar-refractivity contribution in [2.45, 2.75) is 50.7 Å². The lowest BCUT2D eigenvalue weighted by Gasteiger charge is -2.22. The van der Waals surface area contributed by atoms with Crippen LogP contribution in [-0.4, -0.2) is 24.0 Å². The minimum Gasteiger partial charge on any atom is -0.353 e. The first-order valence-electron chi connectivity index (χ1n) is 7.42. The molecule has 2 aliphatic rings. The Morgan fingerprint density at radius 3 is 2.75 bits per heavy atom. The highest BCUT2D eigenvalue weighted by molar-refractivity contribution is 6.30. The Hall–Kier alpha value is -1.06. The third-order valence-corrected chi connectivity index (χ3v) is 4.73. The Kier molecular flexibility index (Phi) is 3.99. The van der Waals surface area contributed by atoms with E-state index in [-0.39, 0.29) is 17.9 Å². The molecule has 0 spiro atoms. The fraction of sp³-hybridized carbons (Fsp3) is 0.562. The smallest absolute Gasteiger partial charge is 0.224 e. The Balaban J connectivity index is 1.52. The van der Waals surface area contributed by atoms with Crippen LogP contribution in [0.15, 0.2) is 24.3 Å². The van der Waals surface area contributed by atoms with E-state index in [9.17, 15) is 4.79 Å². The Morgan fingerprint density at radius 2 is 2.15 bits per heavy atom. The van der Waals surface area contributed by atoms with E-state index in [0.29, 0.717) is 12.1 Å². The van der Waals surface area contributed by atoms with Crippen LogP contribution >= 0.6 is 11.6 Å². The lowest BCUT2D eigenvalue weighted by atomic mass is 9.88. The third-order valence-electron chi connectivity index (χ3n) is 4.48. The van der Waals surface area contributed by atoms with Crippen molar-refractivity contribution >= 4 is 17.5 Å². The van der Waals surface area contributed by atoms with Gasteiger partial charge in [0.25, 0.3) is 0 Å². The summed E-state index contributed by atoms with van der Waals surface area (Å²) in [5.74, 6) is 0.382. The summed E-state index contributed by atoms with van der Waals surface area (Å²) in [5.41, 5.74) is 1.20. The van der Waals surface area contributed by atoms with Crippen molar-refractivity contribution in [1.29, 1.82) is 0 Å². The number of halogens is 1. The number of benzene rings is 1. The van der Waals surface area contributed by atoms with Crippen LogP contribution in [0.4, 0.5) is 0 Å². The van der Waals surface area contributed by atoms with E-state index < -0.39 is 0 Å². The normalized spacial score (nSPS) is 29.4. The van der Waals surface area contributed by atoms with Crippen LogP contribution in [0.3, 0.4) is 0 Å². The fourth-order valence-electron chi connectivity index (χ4n) is 3.49. The Morgan fingerprint density at radius 1 is 1.40 bits per heavy atom. The first-order valence-corrected chi connectivity index (χ1v) is 7.80. The van der Waals surface area contributed by atoms with E-state index in [1.165, 1.54) is 12.0 Å². The van der Waals surface area contributed by atoms with Gasteiger partial charge in [-0.1, -0.05) is 23.7 Å². The standard InChI is InChI=1S/C16H21ClN2O/c1-10(8-11-2-4-12(17)5-3-11)18-16(20)14-9-13-6-7-15(14)19-13/h2-5,10,13-15,19H,6-9H2,1H3,(H,18,20). The molecule has 0 aliphatic carbocycles. The number of rotatable bonds is 4. The van der Waals surface area contributed by atoms with Crippen molar-refractivity contribution in [2.75, 3.05) is 0 Å². The molecule has 4 unspecified atom stereocenters. The van der Waals surface area contributed by atoms with Crippen molar-refractivity contribution in [3.8, 4) is 0 Å². The van der Waals surface area contributed by atoms with Crippen LogP contribution in [-0.2, 0) is 11.2 Å². The number of fused-ring (bicyclic) bond motifs is 2. The molecule has 0 radical (unpaired) electrons. The second kappa shape index (κ2) is 5.74. The summed E-state index contributed by atoms with van der Waals surface area (Å²) < 4.78 is 0. The van der Waals surface area contributed by atoms with Crippen LogP contribution < -0.4 is 10.6 Å². The molecule has 3 rings (SSSR count). The van der Waals surface area contributed by atoms with Gasteiger partial charge in [-0.15, -0.1) is 0 Å². The number of amides is 1. The third kappa shape index (κ3) is 2.99. The van der Waals surface area contributed by atoms with Crippen molar-refractivity contribution in [1.82, 2.24) is 10.6 Å². The summed E-state index contributed by atoms with van der Waals surface area (Å²) >= 11 is 5.88. The van der Waals surface area contributed by atoms with Crippen LogP contribution in [0.2, 0.25) is 5.02 Å². The molecule has 108 valence electrons. The van der Waals surface area contributed by atoms with E-state index in [2.05, 4.69) is 17.6 Å². The number of hydrogen-bond donors (Lipinski definition) is 2. The summed E-state index contributed by atoms with van der Waals surface area (Å²) in [5, 5.41) is 7.42. The molecular weight excluding hydrogens is 272 g/mol. The first-order chi connectivity index (χ1) is 9.61. The molecule has 1 amide bonds. The minimum atomic E-state index is 0.155. The molecule has 2 aliphatic heterocycles. The van der Waals surface area contributed by atoms with Crippen molar-refractivity contribution in [2.24, 2.45) is 5.92 Å². The number of hydrogen-bond acceptors (Lipinski definition) is 2. The monoisotopic (exact) mass is 292 g/mol. The maximum atomic E-state index is 12.3. The summed E-state index contributed by atoms with van der Waals surface area (Å²) in [6.07, 6.45) is 4.23. The second-order valence-electron chi connectivity index (χ2n) is 6.13. The number of nitrogens with one attached hydrogen (secondary N) is 2. The van der Waals surface area contributed by atoms with Gasteiger partial charge < -0.3 is 10.6 Å². The van der Waals surface area contributed by atoms with Gasteiger partial charge in [0.05, 0.1) is 5.92 Å². The minimum absolute atomic E-state index is 0.155. The van der Waals surface area contributed by atoms with Gasteiger partial charge in [0.15, 0.2) is 0 Å². The summed E-state index contributed by atoms with van der Waals surface area (Å²) in [6, 6.07) is 8.96. The number of carbonyl (C=O) groups is 1. The van der Waals surface area contributed by atoms with Crippen molar-refractivity contribution < 1.29 is 4.79 Å². The fourth-order valence-corrected chi connectivity index (χ4v) is 3.61. The average Bonchev–Trinajstić information content (AvgIpc) is 3.03. The summed E-state index contributed by atoms with van der Waals surface area (Å²) in [6.45, 7) is 2.06. The molecule has 4 heteroatoms. The van der Waals surface area contributed by atoms with Crippen LogP contribution in [0.1, 0.15) is 31.7 Å². The van der Waals surface area contributed by atoms with E-state index in [1.54, 1.807) is 0 Å². The molecule has 0 saturated carbocycles. The van der Waals surface area contributed by atoms with Gasteiger partial charge in [-0.3, -0.25) is 4.79 Å². The molecule has 0 aromatic heterocycles. The molecule has 2 fully saturated rings. The molecule has 2 N–H and O–H groups in total. The van der Waals surface area contributed by atoms with Gasteiger partial charge >= 0.3 is 0 Å². The highest BCUT2D eigenvalue weighted by atomic mass is 35.5. The van der Waals surface area contributed by atoms with Crippen LogP contribution in [0, 0.1) is 5.92 Å². The molecule has 1 aromatic carbocycles. The molecule has 4 atom stereocenters. The van der Waals surface area contributed by atoms with Gasteiger partial charge in [0.2, 0.25) is 5.91 Å². The molecule has 20 heavy (non-hydrogen) atoms. The molecule has 2 bridgehead atoms. The second-order valence-corrected chi connectivity index (χ2v) is 6.57. The maximum Gasteiger partial charge on any atom is 0.224 e. The lowest BCUT2D eigenvalue weighted by Crippen LogP contribution is -2.42. The highest BCUT2D eigenvalue weighted by Crippen LogP contribution is 2.33. The predicted molar refractivity (Wildman–Crippen MR) is 80.8 cm³/mol. The van der Waals surface area contributed by atoms with E-state index in [1.807, 2.05) is 24.3 Å². The Bertz CT molecular complexity index is 488. The van der Waals surface area contributed by atoms with E-state index in [4.69, 9.17) is 11.6 Å². The molecule has 2 saturated heterocycles. The average molecular weight is 293 g/mol. The summed E-state index contributed by atoms with van der Waals surface area (Å²) in [4.78, 5) is 12.3. The summed E-state index contributed by atoms with van der Waals surface area (Å²) in [7, 11) is 0. The topological polar surface area (TPSA) is 41.1 Å². The molecule has 1 aromatic rings. The van der Waals surface area contributed by atoms with E-state index >= 15 is 0 Å². The molecule has 2 heterocycles. The Labute approximate surface area is 125 Å². The van der Waals surface area contributed by atoms with Gasteiger partial charge in [0, 0.05) is 23.1 Å². The van der Waals surface area contributed by atoms with Gasteiger partial charge in [-0.05, 0) is 50.3 Å². The highest BCUT2D eigenvalue weighted by Gasteiger charge is 2.42. The van der Waals surface area contributed by atoms with Crippen LogP contribution in [0.5, 0.6) is 0 Å². The zero-order valence-corrected chi connectivity index (χ0v) is 12.5. The lowest BCUT2D eigenvalue weighted by molar-refractivity contribution is -0.126. The van der Waals surface area contributed by atoms with Crippen molar-refractivity contribution in [3.63, 3.8) is 0 Å². The number of carbonyl (C=O) groups excluding carboxylic acids is 1.